The molecule has 1 heterocycles. The highest BCUT2D eigenvalue weighted by molar-refractivity contribution is 5.85. The van der Waals surface area contributed by atoms with Crippen LogP contribution in [-0.4, -0.2) is 43.6 Å². The molecule has 0 aromatic heterocycles. The number of hydrogen-bond acceptors (Lipinski definition) is 3. The number of halogens is 6. The van der Waals surface area contributed by atoms with Crippen LogP contribution in [0.2, 0.25) is 0 Å². The van der Waals surface area contributed by atoms with Crippen molar-refractivity contribution in [1.82, 2.24) is 10.2 Å². The van der Waals surface area contributed by atoms with Crippen LogP contribution in [0.4, 0.5) is 17.6 Å². The van der Waals surface area contributed by atoms with Crippen LogP contribution in [0, 0.1) is 0 Å². The van der Waals surface area contributed by atoms with E-state index in [4.69, 9.17) is 0 Å². The summed E-state index contributed by atoms with van der Waals surface area (Å²) in [7, 11) is 0. The topological polar surface area (TPSA) is 24.5 Å². The van der Waals surface area contributed by atoms with Gasteiger partial charge in [0.05, 0.1) is 0 Å². The molecule has 158 valence electrons. The fourth-order valence-corrected chi connectivity index (χ4v) is 3.13. The van der Waals surface area contributed by atoms with Crippen molar-refractivity contribution in [1.29, 1.82) is 0 Å². The highest BCUT2D eigenvalue weighted by Crippen LogP contribution is 2.32. The Hall–Kier alpha value is -0.760. The summed E-state index contributed by atoms with van der Waals surface area (Å²) in [6.07, 6.45) is -4.21. The Morgan fingerprint density at radius 2 is 1.81 bits per heavy atom. The van der Waals surface area contributed by atoms with Crippen LogP contribution in [0.1, 0.15) is 44.2 Å². The number of nitrogens with zero attached hydrogens (tertiary/aromatic N) is 1. The molecule has 27 heavy (non-hydrogen) atoms. The fourth-order valence-electron chi connectivity index (χ4n) is 3.13. The molecule has 0 spiro atoms. The van der Waals surface area contributed by atoms with Crippen LogP contribution in [0.15, 0.2) is 24.3 Å². The molecule has 9 heteroatoms. The second-order valence-electron chi connectivity index (χ2n) is 6.33. The molecule has 1 N–H and O–H groups in total. The number of rotatable bonds is 9. The molecule has 0 unspecified atom stereocenters. The lowest BCUT2D eigenvalue weighted by Gasteiger charge is -2.35. The summed E-state index contributed by atoms with van der Waals surface area (Å²) in [5.41, 5.74) is 0.834. The van der Waals surface area contributed by atoms with Gasteiger partial charge in [0.15, 0.2) is 0 Å². The maximum absolute atomic E-state index is 13.2. The zero-order valence-corrected chi connectivity index (χ0v) is 16.9. The van der Waals surface area contributed by atoms with Crippen molar-refractivity contribution in [3.8, 4) is 5.75 Å². The molecule has 0 aliphatic carbocycles. The van der Waals surface area contributed by atoms with Gasteiger partial charge in [0, 0.05) is 32.2 Å². The number of nitrogens with one attached hydrogen (secondary N) is 1. The molecular formula is C18H28Cl2F4N2O. The Labute approximate surface area is 170 Å². The summed E-state index contributed by atoms with van der Waals surface area (Å²) in [5, 5.41) is 3.29. The van der Waals surface area contributed by atoms with Crippen molar-refractivity contribution >= 4 is 24.8 Å². The zero-order valence-electron chi connectivity index (χ0n) is 15.3. The molecule has 2 rings (SSSR count). The minimum Gasteiger partial charge on any atom is -0.428 e. The van der Waals surface area contributed by atoms with Crippen LogP contribution in [0.3, 0.4) is 0 Å². The van der Waals surface area contributed by atoms with Gasteiger partial charge in [-0.3, -0.25) is 4.90 Å². The highest BCUT2D eigenvalue weighted by atomic mass is 35.5. The average Bonchev–Trinajstić information content (AvgIpc) is 2.59. The van der Waals surface area contributed by atoms with Crippen LogP contribution < -0.4 is 10.1 Å². The van der Waals surface area contributed by atoms with Crippen molar-refractivity contribution in [2.75, 3.05) is 26.2 Å². The summed E-state index contributed by atoms with van der Waals surface area (Å²) in [5.74, 6) is -0.224. The first-order valence-electron chi connectivity index (χ1n) is 8.83. The second kappa shape index (κ2) is 12.6. The standard InChI is InChI=1S/C18H26F4N2O.2ClH/c1-2-3-4-8-16(24-11-9-23-10-12-24)14-6-5-7-15(13-14)25-18(21,22)17(19)20;;/h5-7,13,16-17,23H,2-4,8-12H2,1H3;2*1H/t16-;;/m1../s1. The number of benzene rings is 1. The van der Waals surface area contributed by atoms with Crippen LogP contribution in [-0.2, 0) is 0 Å². The Balaban J connectivity index is 0.00000338. The van der Waals surface area contributed by atoms with Gasteiger partial charge < -0.3 is 10.1 Å². The summed E-state index contributed by atoms with van der Waals surface area (Å²) in [6, 6.07) is 6.28. The van der Waals surface area contributed by atoms with Gasteiger partial charge >= 0.3 is 12.5 Å². The Morgan fingerprint density at radius 1 is 1.15 bits per heavy atom. The summed E-state index contributed by atoms with van der Waals surface area (Å²) in [4.78, 5) is 2.32. The number of alkyl halides is 4. The molecule has 1 atom stereocenters. The van der Waals surface area contributed by atoms with Gasteiger partial charge in [-0.05, 0) is 24.1 Å². The van der Waals surface area contributed by atoms with Gasteiger partial charge in [0.25, 0.3) is 0 Å². The SMILES string of the molecule is CCCCC[C@H](c1cccc(OC(F)(F)C(F)F)c1)N1CCNCC1.Cl.Cl. The first kappa shape index (κ1) is 26.2. The maximum atomic E-state index is 13.2. The average molecular weight is 435 g/mol. The van der Waals surface area contributed by atoms with Crippen LogP contribution in [0.5, 0.6) is 5.75 Å². The smallest absolute Gasteiger partial charge is 0.428 e. The first-order valence-corrected chi connectivity index (χ1v) is 8.83. The van der Waals surface area contributed by atoms with E-state index >= 15 is 0 Å². The normalized spacial score (nSPS) is 16.4. The minimum absolute atomic E-state index is 0. The third-order valence-corrected chi connectivity index (χ3v) is 4.42. The largest absolute Gasteiger partial charge is 0.461 e. The Morgan fingerprint density at radius 3 is 2.41 bits per heavy atom. The van der Waals surface area contributed by atoms with Gasteiger partial charge in [-0.1, -0.05) is 38.3 Å². The molecule has 1 aromatic rings. The monoisotopic (exact) mass is 434 g/mol. The van der Waals surface area contributed by atoms with Crippen molar-refractivity contribution in [3.05, 3.63) is 29.8 Å². The molecule has 1 aliphatic rings. The quantitative estimate of drug-likeness (QED) is 0.421. The number of piperazine rings is 1. The molecule has 0 radical (unpaired) electrons. The van der Waals surface area contributed by atoms with E-state index in [0.717, 1.165) is 57.4 Å². The van der Waals surface area contributed by atoms with Gasteiger partial charge in [0.1, 0.15) is 5.75 Å². The van der Waals surface area contributed by atoms with Crippen LogP contribution in [0.25, 0.3) is 0 Å². The van der Waals surface area contributed by atoms with E-state index < -0.39 is 12.5 Å². The summed E-state index contributed by atoms with van der Waals surface area (Å²) < 4.78 is 55.3. The van der Waals surface area contributed by atoms with Crippen LogP contribution >= 0.6 is 24.8 Å². The third kappa shape index (κ3) is 8.02. The summed E-state index contributed by atoms with van der Waals surface area (Å²) in [6.45, 7) is 5.62. The van der Waals surface area contributed by atoms with E-state index in [-0.39, 0.29) is 36.6 Å². The van der Waals surface area contributed by atoms with Gasteiger partial charge in [0.2, 0.25) is 0 Å². The van der Waals surface area contributed by atoms with E-state index in [9.17, 15) is 17.6 Å². The second-order valence-corrected chi connectivity index (χ2v) is 6.33. The van der Waals surface area contributed by atoms with Gasteiger partial charge in [-0.2, -0.15) is 17.6 Å². The predicted molar refractivity (Wildman–Crippen MR) is 104 cm³/mol. The number of hydrogen-bond donors (Lipinski definition) is 1. The molecule has 0 bridgehead atoms. The van der Waals surface area contributed by atoms with E-state index in [0.29, 0.717) is 0 Å². The zero-order chi connectivity index (χ0) is 18.3. The van der Waals surface area contributed by atoms with E-state index in [1.165, 1.54) is 12.1 Å². The Kier molecular flexibility index (Phi) is 12.3. The van der Waals surface area contributed by atoms with Crippen molar-refractivity contribution in [3.63, 3.8) is 0 Å². The molecule has 1 aliphatic heterocycles. The maximum Gasteiger partial charge on any atom is 0.461 e. The molecule has 0 saturated carbocycles. The lowest BCUT2D eigenvalue weighted by Crippen LogP contribution is -2.45. The molecular weight excluding hydrogens is 407 g/mol. The van der Waals surface area contributed by atoms with Crippen molar-refractivity contribution in [2.45, 2.75) is 51.2 Å². The number of ether oxygens (including phenoxy) is 1. The van der Waals surface area contributed by atoms with E-state index in [1.807, 2.05) is 6.07 Å². The van der Waals surface area contributed by atoms with Gasteiger partial charge in [-0.15, -0.1) is 24.8 Å². The van der Waals surface area contributed by atoms with Crippen molar-refractivity contribution in [2.24, 2.45) is 0 Å². The van der Waals surface area contributed by atoms with E-state index in [2.05, 4.69) is 21.9 Å². The lowest BCUT2D eigenvalue weighted by atomic mass is 9.98. The minimum atomic E-state index is -4.48. The highest BCUT2D eigenvalue weighted by Gasteiger charge is 2.44. The first-order chi connectivity index (χ1) is 11.9. The van der Waals surface area contributed by atoms with Gasteiger partial charge in [-0.25, -0.2) is 0 Å². The molecule has 0 amide bonds. The number of unbranched alkanes of at least 4 members (excludes halogenated alkanes) is 2. The summed E-state index contributed by atoms with van der Waals surface area (Å²) >= 11 is 0. The van der Waals surface area contributed by atoms with E-state index in [1.54, 1.807) is 6.07 Å². The fraction of sp³-hybridized carbons (Fsp3) is 0.667. The Bertz CT molecular complexity index is 532. The lowest BCUT2D eigenvalue weighted by molar-refractivity contribution is -0.253. The predicted octanol–water partition coefficient (Wildman–Crippen LogP) is 5.29. The molecule has 1 saturated heterocycles. The van der Waals surface area contributed by atoms with Crippen molar-refractivity contribution < 1.29 is 22.3 Å². The molecule has 1 aromatic carbocycles. The third-order valence-electron chi connectivity index (χ3n) is 4.42. The molecule has 1 fully saturated rings. The molecule has 3 nitrogen and oxygen atoms in total.